The van der Waals surface area contributed by atoms with Gasteiger partial charge in [-0.25, -0.2) is 4.79 Å². The number of rotatable bonds is 8. The maximum Gasteiger partial charge on any atom is 0.374 e. The van der Waals surface area contributed by atoms with Gasteiger partial charge in [-0.3, -0.25) is 14.4 Å². The maximum atomic E-state index is 12.2. The number of carboxylic acid groups (broad SMARTS) is 1. The zero-order valence-electron chi connectivity index (χ0n) is 14.0. The molecule has 0 bridgehead atoms. The molecular formula is C17H18N2O6S. The number of ketones is 1. The third-order valence-electron chi connectivity index (χ3n) is 3.60. The fourth-order valence-electron chi connectivity index (χ4n) is 2.34. The molecule has 1 aliphatic rings. The second-order valence-electron chi connectivity index (χ2n) is 5.43. The van der Waals surface area contributed by atoms with E-state index in [-0.39, 0.29) is 13.0 Å². The summed E-state index contributed by atoms with van der Waals surface area (Å²) in [5.41, 5.74) is -0.0363. The SMILES string of the molecule is CO[C@H]1SC=CN(CC(=O)N[C@@H](Cc2ccccc2)C(=O)C(=O)O)C1=O. The summed E-state index contributed by atoms with van der Waals surface area (Å²) in [6, 6.07) is 7.52. The third kappa shape index (κ3) is 5.17. The van der Waals surface area contributed by atoms with Crippen molar-refractivity contribution in [1.82, 2.24) is 10.2 Å². The van der Waals surface area contributed by atoms with Crippen molar-refractivity contribution in [3.8, 4) is 0 Å². The lowest BCUT2D eigenvalue weighted by atomic mass is 10.0. The topological polar surface area (TPSA) is 113 Å². The van der Waals surface area contributed by atoms with Crippen LogP contribution in [-0.2, 0) is 30.3 Å². The van der Waals surface area contributed by atoms with Gasteiger partial charge in [0.15, 0.2) is 5.44 Å². The highest BCUT2D eigenvalue weighted by Crippen LogP contribution is 2.21. The number of thioether (sulfide) groups is 1. The van der Waals surface area contributed by atoms with Gasteiger partial charge in [0.1, 0.15) is 12.6 Å². The van der Waals surface area contributed by atoms with Crippen LogP contribution in [-0.4, -0.2) is 58.7 Å². The van der Waals surface area contributed by atoms with Crippen molar-refractivity contribution in [3.63, 3.8) is 0 Å². The van der Waals surface area contributed by atoms with E-state index < -0.39 is 35.0 Å². The van der Waals surface area contributed by atoms with Gasteiger partial charge in [-0.15, -0.1) is 0 Å². The minimum Gasteiger partial charge on any atom is -0.475 e. The first-order valence-electron chi connectivity index (χ1n) is 7.68. The summed E-state index contributed by atoms with van der Waals surface area (Å²) in [4.78, 5) is 48.5. The van der Waals surface area contributed by atoms with Gasteiger partial charge in [-0.1, -0.05) is 42.1 Å². The molecule has 26 heavy (non-hydrogen) atoms. The van der Waals surface area contributed by atoms with Gasteiger partial charge in [0, 0.05) is 19.7 Å². The molecule has 0 spiro atoms. The number of aliphatic carboxylic acids is 1. The van der Waals surface area contributed by atoms with E-state index in [1.165, 1.54) is 25.1 Å². The summed E-state index contributed by atoms with van der Waals surface area (Å²) >= 11 is 1.17. The van der Waals surface area contributed by atoms with Crippen LogP contribution in [0.1, 0.15) is 5.56 Å². The number of carbonyl (C=O) groups excluding carboxylic acids is 3. The molecule has 9 heteroatoms. The number of nitrogens with one attached hydrogen (secondary N) is 1. The fourth-order valence-corrected chi connectivity index (χ4v) is 3.06. The van der Waals surface area contributed by atoms with E-state index in [4.69, 9.17) is 9.84 Å². The van der Waals surface area contributed by atoms with Gasteiger partial charge < -0.3 is 20.1 Å². The lowest BCUT2D eigenvalue weighted by molar-refractivity contribution is -0.150. The number of amides is 2. The Balaban J connectivity index is 2.05. The van der Waals surface area contributed by atoms with Gasteiger partial charge in [0.25, 0.3) is 11.7 Å². The summed E-state index contributed by atoms with van der Waals surface area (Å²) in [5, 5.41) is 13.0. The summed E-state index contributed by atoms with van der Waals surface area (Å²) in [5.74, 6) is -3.79. The van der Waals surface area contributed by atoms with E-state index in [1.54, 1.807) is 35.7 Å². The van der Waals surface area contributed by atoms with Crippen molar-refractivity contribution in [3.05, 3.63) is 47.5 Å². The molecule has 0 saturated carbocycles. The summed E-state index contributed by atoms with van der Waals surface area (Å²) in [6.45, 7) is -0.339. The molecule has 1 aromatic rings. The first-order valence-corrected chi connectivity index (χ1v) is 8.62. The molecule has 0 unspecified atom stereocenters. The zero-order valence-corrected chi connectivity index (χ0v) is 14.8. The number of hydrogen-bond donors (Lipinski definition) is 2. The Bertz CT molecular complexity index is 721. The number of carboxylic acids is 1. The summed E-state index contributed by atoms with van der Waals surface area (Å²) in [7, 11) is 1.38. The average Bonchev–Trinajstić information content (AvgIpc) is 2.63. The Hall–Kier alpha value is -2.65. The van der Waals surface area contributed by atoms with Crippen molar-refractivity contribution in [2.24, 2.45) is 0 Å². The van der Waals surface area contributed by atoms with Crippen LogP contribution in [0.2, 0.25) is 0 Å². The van der Waals surface area contributed by atoms with Crippen LogP contribution in [0.3, 0.4) is 0 Å². The molecule has 1 aliphatic heterocycles. The number of nitrogens with zero attached hydrogens (tertiary/aromatic N) is 1. The zero-order chi connectivity index (χ0) is 19.1. The average molecular weight is 378 g/mol. The van der Waals surface area contributed by atoms with Crippen molar-refractivity contribution in [2.45, 2.75) is 17.9 Å². The Morgan fingerprint density at radius 3 is 2.62 bits per heavy atom. The molecule has 8 nitrogen and oxygen atoms in total. The Morgan fingerprint density at radius 1 is 1.31 bits per heavy atom. The Morgan fingerprint density at radius 2 is 2.00 bits per heavy atom. The molecule has 1 aromatic carbocycles. The van der Waals surface area contributed by atoms with Crippen LogP contribution in [0.25, 0.3) is 0 Å². The van der Waals surface area contributed by atoms with E-state index in [9.17, 15) is 19.2 Å². The van der Waals surface area contributed by atoms with Crippen molar-refractivity contribution >= 4 is 35.3 Å². The fraction of sp³-hybridized carbons (Fsp3) is 0.294. The van der Waals surface area contributed by atoms with Gasteiger partial charge >= 0.3 is 5.97 Å². The minimum atomic E-state index is -1.63. The van der Waals surface area contributed by atoms with E-state index in [2.05, 4.69) is 5.32 Å². The molecule has 138 valence electrons. The van der Waals surface area contributed by atoms with E-state index in [0.717, 1.165) is 4.90 Å². The Labute approximate surface area is 154 Å². The predicted octanol–water partition coefficient (Wildman–Crippen LogP) is 0.387. The first kappa shape index (κ1) is 19.7. The van der Waals surface area contributed by atoms with Crippen LogP contribution >= 0.6 is 11.8 Å². The monoisotopic (exact) mass is 378 g/mol. The van der Waals surface area contributed by atoms with Crippen molar-refractivity contribution in [2.75, 3.05) is 13.7 Å². The van der Waals surface area contributed by atoms with Crippen LogP contribution in [0.5, 0.6) is 0 Å². The number of carbonyl (C=O) groups is 4. The van der Waals surface area contributed by atoms with Gasteiger partial charge in [0.2, 0.25) is 5.91 Å². The molecular weight excluding hydrogens is 360 g/mol. The summed E-state index contributed by atoms with van der Waals surface area (Å²) in [6.07, 6.45) is 1.48. The van der Waals surface area contributed by atoms with Crippen LogP contribution < -0.4 is 5.32 Å². The van der Waals surface area contributed by atoms with Gasteiger partial charge in [0.05, 0.1) is 0 Å². The molecule has 0 saturated heterocycles. The summed E-state index contributed by atoms with van der Waals surface area (Å²) < 4.78 is 5.00. The first-order chi connectivity index (χ1) is 12.4. The molecule has 0 radical (unpaired) electrons. The smallest absolute Gasteiger partial charge is 0.374 e. The van der Waals surface area contributed by atoms with Gasteiger partial charge in [-0.05, 0) is 11.0 Å². The van der Waals surface area contributed by atoms with Crippen LogP contribution in [0.15, 0.2) is 41.9 Å². The van der Waals surface area contributed by atoms with Crippen LogP contribution in [0.4, 0.5) is 0 Å². The predicted molar refractivity (Wildman–Crippen MR) is 94.0 cm³/mol. The molecule has 0 fully saturated rings. The molecule has 2 atom stereocenters. The number of methoxy groups -OCH3 is 1. The maximum absolute atomic E-state index is 12.2. The normalized spacial score (nSPS) is 17.7. The van der Waals surface area contributed by atoms with Crippen molar-refractivity contribution < 1.29 is 29.0 Å². The van der Waals surface area contributed by atoms with Gasteiger partial charge in [-0.2, -0.15) is 0 Å². The highest BCUT2D eigenvalue weighted by Gasteiger charge is 2.30. The molecule has 2 amide bonds. The minimum absolute atomic E-state index is 0.0397. The highest BCUT2D eigenvalue weighted by atomic mass is 32.2. The molecule has 0 aromatic heterocycles. The van der Waals surface area contributed by atoms with Crippen LogP contribution in [0, 0.1) is 0 Å². The lowest BCUT2D eigenvalue weighted by Gasteiger charge is -2.26. The molecule has 2 N–H and O–H groups in total. The Kier molecular flexibility index (Phi) is 6.93. The third-order valence-corrected chi connectivity index (χ3v) is 4.52. The number of hydrogen-bond acceptors (Lipinski definition) is 6. The highest BCUT2D eigenvalue weighted by molar-refractivity contribution is 8.03. The number of Topliss-reactive ketones (excluding diaryl/α,β-unsaturated/α-hetero) is 1. The quantitative estimate of drug-likeness (QED) is 0.629. The standard InChI is InChI=1S/C17H18N2O6S/c1-25-17-15(22)19(7-8-26-17)10-13(20)18-12(14(21)16(23)24)9-11-5-3-2-4-6-11/h2-8,12,17H,9-10H2,1H3,(H,18,20)(H,23,24)/t12-,17-/m0/s1. The second kappa shape index (κ2) is 9.16. The largest absolute Gasteiger partial charge is 0.475 e. The molecule has 2 rings (SSSR count). The van der Waals surface area contributed by atoms with E-state index in [0.29, 0.717) is 5.56 Å². The van der Waals surface area contributed by atoms with E-state index in [1.807, 2.05) is 0 Å². The number of ether oxygens (including phenoxy) is 1. The molecule has 1 heterocycles. The van der Waals surface area contributed by atoms with Crippen molar-refractivity contribution in [1.29, 1.82) is 0 Å². The van der Waals surface area contributed by atoms with E-state index >= 15 is 0 Å². The lowest BCUT2D eigenvalue weighted by Crippen LogP contribution is -2.50. The second-order valence-corrected chi connectivity index (χ2v) is 6.41. The molecule has 0 aliphatic carbocycles. The number of benzene rings is 1.